The predicted octanol–water partition coefficient (Wildman–Crippen LogP) is 2.91. The van der Waals surface area contributed by atoms with Gasteiger partial charge in [-0.1, -0.05) is 34.4 Å². The Morgan fingerprint density at radius 1 is 0.967 bits per heavy atom. The summed E-state index contributed by atoms with van der Waals surface area (Å²) in [7, 11) is 0. The van der Waals surface area contributed by atoms with Crippen LogP contribution in [-0.4, -0.2) is 46.7 Å². The van der Waals surface area contributed by atoms with Crippen molar-refractivity contribution in [3.05, 3.63) is 70.3 Å². The topological polar surface area (TPSA) is 84.0 Å². The molecule has 7 nitrogen and oxygen atoms in total. The molecule has 0 saturated carbocycles. The van der Waals surface area contributed by atoms with Crippen molar-refractivity contribution >= 4 is 23.7 Å². The Balaban J connectivity index is 1.45. The Bertz CT molecular complexity index is 1010. The number of fused-ring (bicyclic) bond motifs is 1. The van der Waals surface area contributed by atoms with Crippen LogP contribution in [0.15, 0.2) is 42.5 Å². The molecule has 0 radical (unpaired) electrons. The van der Waals surface area contributed by atoms with E-state index < -0.39 is 23.7 Å². The highest BCUT2D eigenvalue weighted by atomic mass is 16.7. The summed E-state index contributed by atoms with van der Waals surface area (Å²) in [5, 5.41) is 0.525. The standard InChI is InChI=1S/C23H22N2O5/c1-14-10-15(2)12-17(11-14)20(26)24-9-5-6-16(13-24)23(29)30-25-21(27)18-7-3-4-8-19(18)22(25)28/h3-4,7-8,10-12,16H,5-6,9,13H2,1-2H3. The third kappa shape index (κ3) is 3.58. The zero-order valence-corrected chi connectivity index (χ0v) is 16.9. The van der Waals surface area contributed by atoms with E-state index in [4.69, 9.17) is 4.84 Å². The van der Waals surface area contributed by atoms with E-state index in [2.05, 4.69) is 0 Å². The maximum Gasteiger partial charge on any atom is 0.338 e. The van der Waals surface area contributed by atoms with Crippen molar-refractivity contribution in [1.29, 1.82) is 0 Å². The molecular formula is C23H22N2O5. The molecule has 7 heteroatoms. The van der Waals surface area contributed by atoms with Crippen LogP contribution in [0, 0.1) is 19.8 Å². The Hall–Kier alpha value is -3.48. The van der Waals surface area contributed by atoms with Gasteiger partial charge in [-0.25, -0.2) is 4.79 Å². The number of hydrogen-bond acceptors (Lipinski definition) is 5. The van der Waals surface area contributed by atoms with Gasteiger partial charge in [0.1, 0.15) is 0 Å². The van der Waals surface area contributed by atoms with Gasteiger partial charge in [0.25, 0.3) is 17.7 Å². The molecule has 1 fully saturated rings. The molecule has 0 spiro atoms. The number of rotatable bonds is 3. The fourth-order valence-electron chi connectivity index (χ4n) is 4.05. The van der Waals surface area contributed by atoms with E-state index in [1.165, 1.54) is 12.1 Å². The zero-order valence-electron chi connectivity index (χ0n) is 16.9. The van der Waals surface area contributed by atoms with Gasteiger partial charge in [0.2, 0.25) is 0 Å². The molecule has 3 amide bonds. The summed E-state index contributed by atoms with van der Waals surface area (Å²) in [6, 6.07) is 12.0. The largest absolute Gasteiger partial charge is 0.338 e. The fraction of sp³-hybridized carbons (Fsp3) is 0.304. The fourth-order valence-corrected chi connectivity index (χ4v) is 4.05. The summed E-state index contributed by atoms with van der Waals surface area (Å²) in [5.74, 6) is -2.72. The molecule has 0 aromatic heterocycles. The number of likely N-dealkylation sites (tertiary alicyclic amines) is 1. The number of nitrogens with zero attached hydrogens (tertiary/aromatic N) is 2. The Kier molecular flexibility index (Phi) is 5.11. The van der Waals surface area contributed by atoms with E-state index in [0.717, 1.165) is 11.1 Å². The Morgan fingerprint density at radius 2 is 1.57 bits per heavy atom. The van der Waals surface area contributed by atoms with E-state index in [9.17, 15) is 19.2 Å². The summed E-state index contributed by atoms with van der Waals surface area (Å²) >= 11 is 0. The maximum absolute atomic E-state index is 12.9. The quantitative estimate of drug-likeness (QED) is 0.732. The molecule has 0 aliphatic carbocycles. The van der Waals surface area contributed by atoms with Crippen molar-refractivity contribution in [2.75, 3.05) is 13.1 Å². The highest BCUT2D eigenvalue weighted by molar-refractivity contribution is 6.20. The van der Waals surface area contributed by atoms with Crippen LogP contribution in [0.1, 0.15) is 55.0 Å². The second-order valence-electron chi connectivity index (χ2n) is 7.83. The maximum atomic E-state index is 12.9. The Morgan fingerprint density at radius 3 is 2.17 bits per heavy atom. The van der Waals surface area contributed by atoms with Gasteiger partial charge >= 0.3 is 5.97 Å². The average Bonchev–Trinajstić information content (AvgIpc) is 2.97. The number of amides is 3. The van der Waals surface area contributed by atoms with E-state index in [1.807, 2.05) is 32.0 Å². The monoisotopic (exact) mass is 406 g/mol. The number of aryl methyl sites for hydroxylation is 2. The summed E-state index contributed by atoms with van der Waals surface area (Å²) in [6.07, 6.45) is 1.16. The molecule has 0 bridgehead atoms. The third-order valence-corrected chi connectivity index (χ3v) is 5.45. The molecule has 4 rings (SSSR count). The minimum Gasteiger partial charge on any atom is -0.338 e. The van der Waals surface area contributed by atoms with Gasteiger partial charge in [0.05, 0.1) is 17.0 Å². The van der Waals surface area contributed by atoms with Crippen molar-refractivity contribution in [2.24, 2.45) is 5.92 Å². The van der Waals surface area contributed by atoms with Crippen LogP contribution in [0.3, 0.4) is 0 Å². The molecule has 1 atom stereocenters. The first kappa shape index (κ1) is 19.8. The molecule has 1 saturated heterocycles. The lowest BCUT2D eigenvalue weighted by atomic mass is 9.97. The number of piperidine rings is 1. The molecule has 2 aliphatic heterocycles. The first-order chi connectivity index (χ1) is 14.3. The van der Waals surface area contributed by atoms with Gasteiger partial charge in [0.15, 0.2) is 0 Å². The SMILES string of the molecule is Cc1cc(C)cc(C(=O)N2CCCC(C(=O)ON3C(=O)c4ccccc4C3=O)C2)c1. The van der Waals surface area contributed by atoms with E-state index in [1.54, 1.807) is 17.0 Å². The van der Waals surface area contributed by atoms with Gasteiger partial charge < -0.3 is 9.74 Å². The lowest BCUT2D eigenvalue weighted by Gasteiger charge is -2.32. The van der Waals surface area contributed by atoms with Gasteiger partial charge in [-0.15, -0.1) is 0 Å². The van der Waals surface area contributed by atoms with Gasteiger partial charge in [-0.2, -0.15) is 0 Å². The number of carbonyl (C=O) groups excluding carboxylic acids is 4. The molecule has 2 aliphatic rings. The molecule has 1 unspecified atom stereocenters. The first-order valence-corrected chi connectivity index (χ1v) is 9.92. The predicted molar refractivity (Wildman–Crippen MR) is 108 cm³/mol. The first-order valence-electron chi connectivity index (χ1n) is 9.92. The van der Waals surface area contributed by atoms with Crippen LogP contribution < -0.4 is 0 Å². The minimum atomic E-state index is -0.678. The molecule has 30 heavy (non-hydrogen) atoms. The summed E-state index contributed by atoms with van der Waals surface area (Å²) in [4.78, 5) is 57.3. The smallest absolute Gasteiger partial charge is 0.338 e. The van der Waals surface area contributed by atoms with Gasteiger partial charge in [-0.05, 0) is 51.0 Å². The molecule has 2 aromatic rings. The van der Waals surface area contributed by atoms with Crippen molar-refractivity contribution in [2.45, 2.75) is 26.7 Å². The lowest BCUT2D eigenvalue weighted by Crippen LogP contribution is -2.44. The summed E-state index contributed by atoms with van der Waals surface area (Å²) < 4.78 is 0. The van der Waals surface area contributed by atoms with E-state index in [-0.39, 0.29) is 23.6 Å². The van der Waals surface area contributed by atoms with Crippen molar-refractivity contribution in [3.8, 4) is 0 Å². The zero-order chi connectivity index (χ0) is 21.4. The van der Waals surface area contributed by atoms with Crippen molar-refractivity contribution < 1.29 is 24.0 Å². The normalized spacial score (nSPS) is 18.4. The number of benzene rings is 2. The van der Waals surface area contributed by atoms with Crippen LogP contribution in [0.25, 0.3) is 0 Å². The number of carbonyl (C=O) groups is 4. The second-order valence-corrected chi connectivity index (χ2v) is 7.83. The van der Waals surface area contributed by atoms with E-state index >= 15 is 0 Å². The van der Waals surface area contributed by atoms with Gasteiger partial charge in [0, 0.05) is 18.7 Å². The minimum absolute atomic E-state index is 0.139. The van der Waals surface area contributed by atoms with Crippen LogP contribution >= 0.6 is 0 Å². The highest BCUT2D eigenvalue weighted by Crippen LogP contribution is 2.26. The third-order valence-electron chi connectivity index (χ3n) is 5.45. The van der Waals surface area contributed by atoms with E-state index in [0.29, 0.717) is 30.0 Å². The summed E-state index contributed by atoms with van der Waals surface area (Å²) in [6.45, 7) is 4.60. The number of hydroxylamine groups is 2. The van der Waals surface area contributed by atoms with Gasteiger partial charge in [-0.3, -0.25) is 14.4 Å². The second kappa shape index (κ2) is 7.74. The molecule has 2 aromatic carbocycles. The van der Waals surface area contributed by atoms with Crippen LogP contribution in [-0.2, 0) is 9.63 Å². The summed E-state index contributed by atoms with van der Waals surface area (Å²) in [5.41, 5.74) is 3.01. The van der Waals surface area contributed by atoms with Crippen LogP contribution in [0.5, 0.6) is 0 Å². The van der Waals surface area contributed by atoms with Crippen molar-refractivity contribution in [3.63, 3.8) is 0 Å². The van der Waals surface area contributed by atoms with Crippen LogP contribution in [0.2, 0.25) is 0 Å². The average molecular weight is 406 g/mol. The number of imide groups is 1. The molecule has 0 N–H and O–H groups in total. The van der Waals surface area contributed by atoms with Crippen LogP contribution in [0.4, 0.5) is 0 Å². The molecule has 2 heterocycles. The highest BCUT2D eigenvalue weighted by Gasteiger charge is 2.40. The Labute approximate surface area is 174 Å². The molecule has 154 valence electrons. The lowest BCUT2D eigenvalue weighted by molar-refractivity contribution is -0.175. The molecular weight excluding hydrogens is 384 g/mol. The van der Waals surface area contributed by atoms with Crippen molar-refractivity contribution in [1.82, 2.24) is 9.96 Å². The number of hydrogen-bond donors (Lipinski definition) is 0.